The van der Waals surface area contributed by atoms with E-state index in [-0.39, 0.29) is 0 Å². The molecule has 1 aromatic rings. The number of nitrogens with one attached hydrogen (secondary N) is 1. The maximum absolute atomic E-state index is 5.91. The molecule has 0 aromatic heterocycles. The predicted molar refractivity (Wildman–Crippen MR) is 70.8 cm³/mol. The largest absolute Gasteiger partial charge is 0.492 e. The summed E-state index contributed by atoms with van der Waals surface area (Å²) in [4.78, 5) is 0. The van der Waals surface area contributed by atoms with Crippen LogP contribution in [0.4, 0.5) is 5.69 Å². The third-order valence-electron chi connectivity index (χ3n) is 2.42. The highest BCUT2D eigenvalue weighted by molar-refractivity contribution is 9.10. The van der Waals surface area contributed by atoms with Crippen molar-refractivity contribution in [1.82, 2.24) is 5.32 Å². The van der Waals surface area contributed by atoms with E-state index in [1.165, 1.54) is 0 Å². The number of ether oxygens (including phenoxy) is 2. The fraction of sp³-hybridized carbons (Fsp3) is 0.333. The van der Waals surface area contributed by atoms with Crippen molar-refractivity contribution < 1.29 is 9.47 Å². The molecular weight excluding hydrogens is 284 g/mol. The molecule has 1 aliphatic heterocycles. The van der Waals surface area contributed by atoms with Gasteiger partial charge in [0, 0.05) is 11.0 Å². The van der Waals surface area contributed by atoms with Gasteiger partial charge in [0.2, 0.25) is 0 Å². The van der Waals surface area contributed by atoms with E-state index in [1.807, 2.05) is 19.1 Å². The number of hydrogen-bond donors (Lipinski definition) is 2. The minimum Gasteiger partial charge on any atom is -0.492 e. The van der Waals surface area contributed by atoms with Gasteiger partial charge in [-0.3, -0.25) is 0 Å². The van der Waals surface area contributed by atoms with Crippen molar-refractivity contribution in [3.05, 3.63) is 34.2 Å². The summed E-state index contributed by atoms with van der Waals surface area (Å²) >= 11 is 3.39. The number of aryl methyl sites for hydroxylation is 1. The molecule has 0 aliphatic carbocycles. The Hall–Kier alpha value is -1.20. The topological polar surface area (TPSA) is 56.5 Å². The number of halogens is 1. The lowest BCUT2D eigenvalue weighted by Gasteiger charge is -2.17. The minimum atomic E-state index is 0.594. The van der Waals surface area contributed by atoms with Crippen LogP contribution in [0.15, 0.2) is 28.6 Å². The molecule has 0 saturated carbocycles. The Morgan fingerprint density at radius 2 is 2.35 bits per heavy atom. The summed E-state index contributed by atoms with van der Waals surface area (Å²) in [5.41, 5.74) is 7.59. The van der Waals surface area contributed by atoms with E-state index in [9.17, 15) is 0 Å². The van der Waals surface area contributed by atoms with Crippen LogP contribution in [0.3, 0.4) is 0 Å². The van der Waals surface area contributed by atoms with Crippen LogP contribution in [0.2, 0.25) is 0 Å². The van der Waals surface area contributed by atoms with Crippen molar-refractivity contribution >= 4 is 21.6 Å². The molecule has 92 valence electrons. The van der Waals surface area contributed by atoms with Crippen LogP contribution < -0.4 is 15.8 Å². The monoisotopic (exact) mass is 298 g/mol. The number of benzene rings is 1. The van der Waals surface area contributed by atoms with Crippen molar-refractivity contribution in [1.29, 1.82) is 0 Å². The van der Waals surface area contributed by atoms with E-state index >= 15 is 0 Å². The summed E-state index contributed by atoms with van der Waals surface area (Å²) < 4.78 is 11.8. The third-order valence-corrected chi connectivity index (χ3v) is 3.07. The van der Waals surface area contributed by atoms with Gasteiger partial charge in [0.15, 0.2) is 5.75 Å². The standard InChI is InChI=1S/C12H15BrN2O2/c1-8-4-10(13)12(14)11(5-8)17-7-9-6-15-2-3-16-9/h4-5,7,15H,2-3,6,14H2,1H3. The molecule has 0 spiro atoms. The molecule has 3 N–H and O–H groups in total. The number of morpholine rings is 1. The normalized spacial score (nSPS) is 17.9. The first kappa shape index (κ1) is 12.3. The fourth-order valence-electron chi connectivity index (χ4n) is 1.54. The molecule has 0 amide bonds. The van der Waals surface area contributed by atoms with Gasteiger partial charge in [-0.05, 0) is 40.5 Å². The van der Waals surface area contributed by atoms with Crippen molar-refractivity contribution in [3.63, 3.8) is 0 Å². The van der Waals surface area contributed by atoms with Crippen molar-refractivity contribution in [2.24, 2.45) is 0 Å². The second kappa shape index (κ2) is 5.42. The van der Waals surface area contributed by atoms with Gasteiger partial charge < -0.3 is 20.5 Å². The molecule has 5 heteroatoms. The summed E-state index contributed by atoms with van der Waals surface area (Å²) in [6.45, 7) is 4.22. The highest BCUT2D eigenvalue weighted by Crippen LogP contribution is 2.31. The van der Waals surface area contributed by atoms with Crippen LogP contribution in [0.1, 0.15) is 5.56 Å². The first-order chi connectivity index (χ1) is 8.16. The molecule has 2 rings (SSSR count). The second-order valence-electron chi connectivity index (χ2n) is 3.89. The average molecular weight is 299 g/mol. The molecule has 1 aliphatic rings. The van der Waals surface area contributed by atoms with E-state index in [0.29, 0.717) is 24.6 Å². The minimum absolute atomic E-state index is 0.594. The molecular formula is C12H15BrN2O2. The number of rotatable bonds is 2. The first-order valence-corrected chi connectivity index (χ1v) is 6.21. The van der Waals surface area contributed by atoms with Crippen LogP contribution in [0.25, 0.3) is 0 Å². The highest BCUT2D eigenvalue weighted by atomic mass is 79.9. The molecule has 0 radical (unpaired) electrons. The van der Waals surface area contributed by atoms with Gasteiger partial charge in [-0.25, -0.2) is 0 Å². The molecule has 4 nitrogen and oxygen atoms in total. The Morgan fingerprint density at radius 3 is 3.06 bits per heavy atom. The van der Waals surface area contributed by atoms with Crippen LogP contribution in [-0.4, -0.2) is 19.7 Å². The van der Waals surface area contributed by atoms with E-state index in [1.54, 1.807) is 6.26 Å². The lowest BCUT2D eigenvalue weighted by atomic mass is 10.2. The van der Waals surface area contributed by atoms with Crippen LogP contribution in [0, 0.1) is 6.92 Å². The molecule has 0 atom stereocenters. The number of nitrogen functional groups attached to an aromatic ring is 1. The summed E-state index contributed by atoms with van der Waals surface area (Å²) in [6.07, 6.45) is 1.60. The van der Waals surface area contributed by atoms with Crippen LogP contribution in [0.5, 0.6) is 5.75 Å². The number of anilines is 1. The van der Waals surface area contributed by atoms with Gasteiger partial charge in [-0.15, -0.1) is 0 Å². The lowest BCUT2D eigenvalue weighted by molar-refractivity contribution is 0.168. The Bertz CT molecular complexity index is 438. The zero-order chi connectivity index (χ0) is 12.3. The van der Waals surface area contributed by atoms with Gasteiger partial charge >= 0.3 is 0 Å². The Labute approximate surface area is 109 Å². The summed E-state index contributed by atoms with van der Waals surface area (Å²) in [5, 5.41) is 3.19. The van der Waals surface area contributed by atoms with E-state index < -0.39 is 0 Å². The Kier molecular flexibility index (Phi) is 3.91. The van der Waals surface area contributed by atoms with Gasteiger partial charge in [0.05, 0.1) is 12.2 Å². The van der Waals surface area contributed by atoms with Crippen LogP contribution in [-0.2, 0) is 4.74 Å². The van der Waals surface area contributed by atoms with Gasteiger partial charge in [0.1, 0.15) is 18.6 Å². The Balaban J connectivity index is 2.13. The zero-order valence-corrected chi connectivity index (χ0v) is 11.2. The maximum Gasteiger partial charge on any atom is 0.151 e. The summed E-state index contributed by atoms with van der Waals surface area (Å²) in [7, 11) is 0. The van der Waals surface area contributed by atoms with E-state index in [4.69, 9.17) is 15.2 Å². The molecule has 17 heavy (non-hydrogen) atoms. The predicted octanol–water partition coefficient (Wildman–Crippen LogP) is 2.18. The average Bonchev–Trinajstić information content (AvgIpc) is 2.33. The quantitative estimate of drug-likeness (QED) is 0.649. The molecule has 1 heterocycles. The van der Waals surface area contributed by atoms with Gasteiger partial charge in [-0.1, -0.05) is 0 Å². The number of hydrogen-bond acceptors (Lipinski definition) is 4. The van der Waals surface area contributed by atoms with E-state index in [0.717, 1.165) is 22.3 Å². The number of nitrogens with two attached hydrogens (primary N) is 1. The second-order valence-corrected chi connectivity index (χ2v) is 4.74. The summed E-state index contributed by atoms with van der Waals surface area (Å²) in [5.74, 6) is 1.42. The van der Waals surface area contributed by atoms with Gasteiger partial charge in [0.25, 0.3) is 0 Å². The van der Waals surface area contributed by atoms with Crippen LogP contribution >= 0.6 is 15.9 Å². The molecule has 1 aromatic carbocycles. The molecule has 0 bridgehead atoms. The molecule has 0 unspecified atom stereocenters. The lowest BCUT2D eigenvalue weighted by Crippen LogP contribution is -2.29. The zero-order valence-electron chi connectivity index (χ0n) is 9.63. The maximum atomic E-state index is 5.91. The highest BCUT2D eigenvalue weighted by Gasteiger charge is 2.08. The SMILES string of the molecule is Cc1cc(Br)c(N)c(OC=C2CNCCO2)c1. The first-order valence-electron chi connectivity index (χ1n) is 5.41. The Morgan fingerprint density at radius 1 is 1.53 bits per heavy atom. The van der Waals surface area contributed by atoms with Crippen molar-refractivity contribution in [2.45, 2.75) is 6.92 Å². The fourth-order valence-corrected chi connectivity index (χ4v) is 2.10. The van der Waals surface area contributed by atoms with Crippen molar-refractivity contribution in [3.8, 4) is 5.75 Å². The van der Waals surface area contributed by atoms with Crippen molar-refractivity contribution in [2.75, 3.05) is 25.4 Å². The van der Waals surface area contributed by atoms with Gasteiger partial charge in [-0.2, -0.15) is 0 Å². The molecule has 1 saturated heterocycles. The van der Waals surface area contributed by atoms with E-state index in [2.05, 4.69) is 21.2 Å². The smallest absolute Gasteiger partial charge is 0.151 e. The molecule has 1 fully saturated rings. The third kappa shape index (κ3) is 3.14. The summed E-state index contributed by atoms with van der Waals surface area (Å²) in [6, 6.07) is 3.85.